The van der Waals surface area contributed by atoms with E-state index < -0.39 is 24.4 Å². The van der Waals surface area contributed by atoms with Gasteiger partial charge in [-0.25, -0.2) is 9.18 Å². The highest BCUT2D eigenvalue weighted by Crippen LogP contribution is 2.19. The van der Waals surface area contributed by atoms with Crippen molar-refractivity contribution < 1.29 is 19.1 Å². The summed E-state index contributed by atoms with van der Waals surface area (Å²) < 4.78 is 13.7. The number of aryl methyl sites for hydroxylation is 1. The lowest BCUT2D eigenvalue weighted by molar-refractivity contribution is -0.138. The van der Waals surface area contributed by atoms with Crippen LogP contribution in [0.3, 0.4) is 0 Å². The Labute approximate surface area is 117 Å². The molecule has 0 aliphatic heterocycles. The number of carboxylic acid groups (broad SMARTS) is 1. The van der Waals surface area contributed by atoms with Gasteiger partial charge in [0, 0.05) is 6.04 Å². The summed E-state index contributed by atoms with van der Waals surface area (Å²) in [5.41, 5.74) is 0.661. The van der Waals surface area contributed by atoms with E-state index in [1.165, 1.54) is 11.0 Å². The summed E-state index contributed by atoms with van der Waals surface area (Å²) in [6.07, 6.45) is 0.608. The summed E-state index contributed by atoms with van der Waals surface area (Å²) in [6, 6.07) is 3.59. The van der Waals surface area contributed by atoms with Gasteiger partial charge in [-0.2, -0.15) is 0 Å². The number of nitrogens with zero attached hydrogens (tertiary/aromatic N) is 1. The molecule has 0 fully saturated rings. The van der Waals surface area contributed by atoms with Crippen LogP contribution in [0.5, 0.6) is 0 Å². The van der Waals surface area contributed by atoms with Crippen LogP contribution in [0.25, 0.3) is 0 Å². The van der Waals surface area contributed by atoms with Crippen molar-refractivity contribution in [1.29, 1.82) is 0 Å². The van der Waals surface area contributed by atoms with Crippen LogP contribution in [0, 0.1) is 12.7 Å². The second-order valence-electron chi connectivity index (χ2n) is 4.64. The third kappa shape index (κ3) is 3.94. The van der Waals surface area contributed by atoms with Crippen molar-refractivity contribution in [2.24, 2.45) is 0 Å². The Morgan fingerprint density at radius 2 is 2.10 bits per heavy atom. The number of carbonyl (C=O) groups excluding carboxylic acids is 1. The molecule has 0 saturated carbocycles. The number of nitrogens with one attached hydrogen (secondary N) is 1. The quantitative estimate of drug-likeness (QED) is 0.872. The van der Waals surface area contributed by atoms with Gasteiger partial charge in [0.25, 0.3) is 0 Å². The molecular formula is C14H19FN2O3. The summed E-state index contributed by atoms with van der Waals surface area (Å²) in [6.45, 7) is 4.84. The molecule has 0 heterocycles. The van der Waals surface area contributed by atoms with Crippen molar-refractivity contribution in [2.75, 3.05) is 11.9 Å². The van der Waals surface area contributed by atoms with Crippen LogP contribution in [-0.2, 0) is 4.79 Å². The fourth-order valence-electron chi connectivity index (χ4n) is 1.76. The van der Waals surface area contributed by atoms with Gasteiger partial charge < -0.3 is 15.3 Å². The topological polar surface area (TPSA) is 69.6 Å². The number of carboxylic acids is 1. The smallest absolute Gasteiger partial charge is 0.323 e. The molecule has 0 spiro atoms. The molecule has 0 aliphatic rings. The van der Waals surface area contributed by atoms with E-state index in [9.17, 15) is 14.0 Å². The van der Waals surface area contributed by atoms with Crippen LogP contribution >= 0.6 is 0 Å². The molecule has 1 atom stereocenters. The van der Waals surface area contributed by atoms with E-state index in [-0.39, 0.29) is 11.7 Å². The Bertz CT molecular complexity index is 485. The molecule has 0 saturated heterocycles. The van der Waals surface area contributed by atoms with Crippen molar-refractivity contribution in [3.05, 3.63) is 29.6 Å². The average Bonchev–Trinajstić information content (AvgIpc) is 2.39. The molecule has 110 valence electrons. The first-order chi connectivity index (χ1) is 9.36. The van der Waals surface area contributed by atoms with E-state index in [2.05, 4.69) is 5.32 Å². The predicted molar refractivity (Wildman–Crippen MR) is 74.3 cm³/mol. The van der Waals surface area contributed by atoms with Crippen LogP contribution in [0.4, 0.5) is 14.9 Å². The number of rotatable bonds is 5. The van der Waals surface area contributed by atoms with Gasteiger partial charge in [-0.15, -0.1) is 0 Å². The molecule has 6 heteroatoms. The predicted octanol–water partition coefficient (Wildman–Crippen LogP) is 2.85. The number of carbonyl (C=O) groups is 2. The molecule has 0 aliphatic carbocycles. The van der Waals surface area contributed by atoms with E-state index in [4.69, 9.17) is 5.11 Å². The van der Waals surface area contributed by atoms with E-state index in [0.717, 1.165) is 0 Å². The summed E-state index contributed by atoms with van der Waals surface area (Å²) in [5.74, 6) is -1.65. The Morgan fingerprint density at radius 3 is 2.60 bits per heavy atom. The van der Waals surface area contributed by atoms with E-state index in [1.807, 2.05) is 6.92 Å². The minimum Gasteiger partial charge on any atom is -0.480 e. The van der Waals surface area contributed by atoms with Gasteiger partial charge in [0.15, 0.2) is 0 Å². The molecule has 1 rings (SSSR count). The SMILES string of the molecule is CCC(C)N(CC(=O)O)C(=O)Nc1c(C)cccc1F. The zero-order valence-electron chi connectivity index (χ0n) is 11.8. The maximum absolute atomic E-state index is 13.7. The number of aliphatic carboxylic acids is 1. The monoisotopic (exact) mass is 282 g/mol. The first kappa shape index (κ1) is 15.9. The summed E-state index contributed by atoms with van der Waals surface area (Å²) in [4.78, 5) is 24.1. The third-order valence-corrected chi connectivity index (χ3v) is 3.14. The maximum atomic E-state index is 13.7. The van der Waals surface area contributed by atoms with Crippen LogP contribution in [0.1, 0.15) is 25.8 Å². The number of amides is 2. The summed E-state index contributed by atoms with van der Waals surface area (Å²) >= 11 is 0. The second kappa shape index (κ2) is 6.88. The minimum absolute atomic E-state index is 0.0798. The highest BCUT2D eigenvalue weighted by Gasteiger charge is 2.22. The van der Waals surface area contributed by atoms with Crippen molar-refractivity contribution >= 4 is 17.7 Å². The van der Waals surface area contributed by atoms with E-state index >= 15 is 0 Å². The fraction of sp³-hybridized carbons (Fsp3) is 0.429. The zero-order valence-corrected chi connectivity index (χ0v) is 11.8. The number of para-hydroxylation sites is 1. The lowest BCUT2D eigenvalue weighted by Gasteiger charge is -2.27. The van der Waals surface area contributed by atoms with E-state index in [0.29, 0.717) is 12.0 Å². The Balaban J connectivity index is 2.93. The van der Waals surface area contributed by atoms with Crippen molar-refractivity contribution in [3.63, 3.8) is 0 Å². The first-order valence-corrected chi connectivity index (χ1v) is 6.41. The van der Waals surface area contributed by atoms with Crippen molar-refractivity contribution in [3.8, 4) is 0 Å². The van der Waals surface area contributed by atoms with Gasteiger partial charge >= 0.3 is 12.0 Å². The molecule has 0 aromatic heterocycles. The normalized spacial score (nSPS) is 11.8. The number of hydrogen-bond acceptors (Lipinski definition) is 2. The number of urea groups is 1. The third-order valence-electron chi connectivity index (χ3n) is 3.14. The molecule has 5 nitrogen and oxygen atoms in total. The number of anilines is 1. The maximum Gasteiger partial charge on any atom is 0.323 e. The van der Waals surface area contributed by atoms with Crippen molar-refractivity contribution in [2.45, 2.75) is 33.2 Å². The molecule has 2 amide bonds. The molecule has 0 radical (unpaired) electrons. The molecule has 0 bridgehead atoms. The van der Waals surface area contributed by atoms with Gasteiger partial charge in [0.05, 0.1) is 5.69 Å². The highest BCUT2D eigenvalue weighted by molar-refractivity contribution is 5.92. The van der Waals surface area contributed by atoms with E-state index in [1.54, 1.807) is 26.0 Å². The Morgan fingerprint density at radius 1 is 1.45 bits per heavy atom. The Kier molecular flexibility index (Phi) is 5.49. The van der Waals surface area contributed by atoms with Crippen LogP contribution in [0.2, 0.25) is 0 Å². The molecule has 1 aromatic rings. The lowest BCUT2D eigenvalue weighted by Crippen LogP contribution is -2.44. The average molecular weight is 282 g/mol. The molecule has 20 heavy (non-hydrogen) atoms. The van der Waals surface area contributed by atoms with Gasteiger partial charge in [-0.3, -0.25) is 4.79 Å². The fourth-order valence-corrected chi connectivity index (χ4v) is 1.76. The number of hydrogen-bond donors (Lipinski definition) is 2. The number of benzene rings is 1. The molecule has 1 unspecified atom stereocenters. The summed E-state index contributed by atoms with van der Waals surface area (Å²) in [7, 11) is 0. The second-order valence-corrected chi connectivity index (χ2v) is 4.64. The highest BCUT2D eigenvalue weighted by atomic mass is 19.1. The Hall–Kier alpha value is -2.11. The first-order valence-electron chi connectivity index (χ1n) is 6.41. The van der Waals surface area contributed by atoms with Gasteiger partial charge in [-0.05, 0) is 31.9 Å². The minimum atomic E-state index is -1.11. The largest absolute Gasteiger partial charge is 0.480 e. The van der Waals surface area contributed by atoms with Crippen LogP contribution in [-0.4, -0.2) is 34.6 Å². The summed E-state index contributed by atoms with van der Waals surface area (Å²) in [5, 5.41) is 11.3. The lowest BCUT2D eigenvalue weighted by atomic mass is 10.2. The van der Waals surface area contributed by atoms with Gasteiger partial charge in [0.1, 0.15) is 12.4 Å². The number of halogens is 1. The molecular weight excluding hydrogens is 263 g/mol. The van der Waals surface area contributed by atoms with Crippen molar-refractivity contribution in [1.82, 2.24) is 4.90 Å². The van der Waals surface area contributed by atoms with Crippen LogP contribution < -0.4 is 5.32 Å². The molecule has 2 N–H and O–H groups in total. The van der Waals surface area contributed by atoms with Gasteiger partial charge in [-0.1, -0.05) is 19.1 Å². The van der Waals surface area contributed by atoms with Crippen LogP contribution in [0.15, 0.2) is 18.2 Å². The zero-order chi connectivity index (χ0) is 15.3. The molecule has 1 aromatic carbocycles. The standard InChI is InChI=1S/C14H19FN2O3/c1-4-10(3)17(8-12(18)19)14(20)16-13-9(2)6-5-7-11(13)15/h5-7,10H,4,8H2,1-3H3,(H,16,20)(H,18,19). The van der Waals surface area contributed by atoms with Gasteiger partial charge in [0.2, 0.25) is 0 Å².